The third kappa shape index (κ3) is 6.38. The third-order valence-electron chi connectivity index (χ3n) is 2.02. The Labute approximate surface area is 80.7 Å². The van der Waals surface area contributed by atoms with Gasteiger partial charge in [0.25, 0.3) is 0 Å². The maximum Gasteiger partial charge on any atom is 0.331 e. The van der Waals surface area contributed by atoms with Gasteiger partial charge >= 0.3 is 5.97 Å². The molecule has 2 nitrogen and oxygen atoms in total. The molecular formula is C11H20O2. The fraction of sp³-hybridized carbons (Fsp3) is 0.727. The molecule has 0 aliphatic rings. The van der Waals surface area contributed by atoms with Crippen LogP contribution in [0.3, 0.4) is 0 Å². The molecule has 0 heterocycles. The SMILES string of the molecule is CCCCC=C(CCCC)C(=O)O. The van der Waals surface area contributed by atoms with E-state index in [0.29, 0.717) is 5.57 Å². The molecule has 0 aromatic heterocycles. The fourth-order valence-corrected chi connectivity index (χ4v) is 1.14. The van der Waals surface area contributed by atoms with Crippen LogP contribution in [0.2, 0.25) is 0 Å². The lowest BCUT2D eigenvalue weighted by Crippen LogP contribution is -2.00. The maximum atomic E-state index is 10.7. The van der Waals surface area contributed by atoms with Gasteiger partial charge in [0, 0.05) is 5.57 Å². The molecule has 0 aromatic carbocycles. The van der Waals surface area contributed by atoms with Gasteiger partial charge in [0.2, 0.25) is 0 Å². The highest BCUT2D eigenvalue weighted by atomic mass is 16.4. The van der Waals surface area contributed by atoms with Crippen LogP contribution in [0, 0.1) is 0 Å². The number of rotatable bonds is 7. The summed E-state index contributed by atoms with van der Waals surface area (Å²) in [5.41, 5.74) is 0.593. The average molecular weight is 184 g/mol. The molecule has 1 N–H and O–H groups in total. The third-order valence-corrected chi connectivity index (χ3v) is 2.02. The summed E-state index contributed by atoms with van der Waals surface area (Å²) in [5.74, 6) is -0.746. The van der Waals surface area contributed by atoms with Crippen LogP contribution < -0.4 is 0 Å². The standard InChI is InChI=1S/C11H20O2/c1-3-5-7-9-10(11(12)13)8-6-4-2/h9H,3-8H2,1-2H3,(H,12,13). The normalized spacial score (nSPS) is 11.7. The van der Waals surface area contributed by atoms with E-state index in [1.165, 1.54) is 0 Å². The summed E-state index contributed by atoms with van der Waals surface area (Å²) in [7, 11) is 0. The Morgan fingerprint density at radius 3 is 2.31 bits per heavy atom. The molecule has 0 fully saturated rings. The summed E-state index contributed by atoms with van der Waals surface area (Å²) in [4.78, 5) is 10.7. The van der Waals surface area contributed by atoms with Crippen molar-refractivity contribution in [2.24, 2.45) is 0 Å². The minimum atomic E-state index is -0.746. The zero-order valence-electron chi connectivity index (χ0n) is 8.68. The molecule has 0 saturated carbocycles. The molecule has 0 spiro atoms. The van der Waals surface area contributed by atoms with Gasteiger partial charge in [0.1, 0.15) is 0 Å². The van der Waals surface area contributed by atoms with Crippen LogP contribution >= 0.6 is 0 Å². The van der Waals surface area contributed by atoms with Crippen molar-refractivity contribution in [2.75, 3.05) is 0 Å². The van der Waals surface area contributed by atoms with Crippen molar-refractivity contribution in [1.29, 1.82) is 0 Å². The Balaban J connectivity index is 3.92. The smallest absolute Gasteiger partial charge is 0.331 e. The monoisotopic (exact) mass is 184 g/mol. The van der Waals surface area contributed by atoms with Gasteiger partial charge in [-0.1, -0.05) is 39.2 Å². The van der Waals surface area contributed by atoms with Crippen LogP contribution in [0.4, 0.5) is 0 Å². The Hall–Kier alpha value is -0.790. The van der Waals surface area contributed by atoms with Crippen LogP contribution in [0.1, 0.15) is 52.4 Å². The zero-order valence-corrected chi connectivity index (χ0v) is 8.68. The lowest BCUT2D eigenvalue weighted by atomic mass is 10.1. The summed E-state index contributed by atoms with van der Waals surface area (Å²) in [6, 6.07) is 0. The van der Waals surface area contributed by atoms with Gasteiger partial charge in [-0.05, 0) is 19.3 Å². The summed E-state index contributed by atoms with van der Waals surface area (Å²) in [6.07, 6.45) is 7.74. The fourth-order valence-electron chi connectivity index (χ4n) is 1.14. The van der Waals surface area contributed by atoms with Crippen molar-refractivity contribution in [2.45, 2.75) is 52.4 Å². The van der Waals surface area contributed by atoms with Gasteiger partial charge in [-0.3, -0.25) is 0 Å². The Kier molecular flexibility index (Phi) is 7.36. The van der Waals surface area contributed by atoms with E-state index < -0.39 is 5.97 Å². The maximum absolute atomic E-state index is 10.7. The first kappa shape index (κ1) is 12.2. The quantitative estimate of drug-likeness (QED) is 0.486. The molecule has 0 bridgehead atoms. The molecule has 0 aliphatic carbocycles. The van der Waals surface area contributed by atoms with Crippen molar-refractivity contribution in [3.63, 3.8) is 0 Å². The molecule has 0 rings (SSSR count). The molecule has 0 aromatic rings. The van der Waals surface area contributed by atoms with Crippen molar-refractivity contribution >= 4 is 5.97 Å². The summed E-state index contributed by atoms with van der Waals surface area (Å²) in [6.45, 7) is 4.19. The Morgan fingerprint density at radius 1 is 1.23 bits per heavy atom. The van der Waals surface area contributed by atoms with Crippen molar-refractivity contribution in [1.82, 2.24) is 0 Å². The van der Waals surface area contributed by atoms with E-state index in [4.69, 9.17) is 5.11 Å². The number of unbranched alkanes of at least 4 members (excludes halogenated alkanes) is 3. The molecule has 76 valence electrons. The second-order valence-corrected chi connectivity index (χ2v) is 3.28. The topological polar surface area (TPSA) is 37.3 Å². The van der Waals surface area contributed by atoms with E-state index in [-0.39, 0.29) is 0 Å². The first-order valence-electron chi connectivity index (χ1n) is 5.14. The molecule has 0 aliphatic heterocycles. The van der Waals surface area contributed by atoms with Crippen LogP contribution in [0.15, 0.2) is 11.6 Å². The second-order valence-electron chi connectivity index (χ2n) is 3.28. The molecule has 0 saturated heterocycles. The number of allylic oxidation sites excluding steroid dienone is 1. The number of carboxylic acids is 1. The van der Waals surface area contributed by atoms with Gasteiger partial charge in [-0.15, -0.1) is 0 Å². The van der Waals surface area contributed by atoms with E-state index in [0.717, 1.165) is 38.5 Å². The predicted octanol–water partition coefficient (Wildman–Crippen LogP) is 3.38. The summed E-state index contributed by atoms with van der Waals surface area (Å²) < 4.78 is 0. The number of carboxylic acid groups (broad SMARTS) is 1. The summed E-state index contributed by atoms with van der Waals surface area (Å²) in [5, 5.41) is 8.83. The van der Waals surface area contributed by atoms with E-state index in [1.807, 2.05) is 6.08 Å². The molecule has 0 radical (unpaired) electrons. The second kappa shape index (κ2) is 7.84. The Bertz CT molecular complexity index is 171. The van der Waals surface area contributed by atoms with Crippen molar-refractivity contribution < 1.29 is 9.90 Å². The molecular weight excluding hydrogens is 164 g/mol. The molecule has 0 amide bonds. The van der Waals surface area contributed by atoms with Gasteiger partial charge in [-0.25, -0.2) is 4.79 Å². The molecule has 0 unspecified atom stereocenters. The van der Waals surface area contributed by atoms with Crippen LogP contribution in [-0.4, -0.2) is 11.1 Å². The van der Waals surface area contributed by atoms with Crippen molar-refractivity contribution in [3.05, 3.63) is 11.6 Å². The summed E-state index contributed by atoms with van der Waals surface area (Å²) >= 11 is 0. The number of aliphatic carboxylic acids is 1. The highest BCUT2D eigenvalue weighted by molar-refractivity contribution is 5.86. The zero-order chi connectivity index (χ0) is 10.1. The average Bonchev–Trinajstić information content (AvgIpc) is 2.10. The lowest BCUT2D eigenvalue weighted by molar-refractivity contribution is -0.132. The minimum Gasteiger partial charge on any atom is -0.478 e. The number of hydrogen-bond donors (Lipinski definition) is 1. The van der Waals surface area contributed by atoms with Gasteiger partial charge in [0.05, 0.1) is 0 Å². The Morgan fingerprint density at radius 2 is 1.85 bits per heavy atom. The van der Waals surface area contributed by atoms with E-state index in [9.17, 15) is 4.79 Å². The van der Waals surface area contributed by atoms with Gasteiger partial charge < -0.3 is 5.11 Å². The van der Waals surface area contributed by atoms with Gasteiger partial charge in [0.15, 0.2) is 0 Å². The van der Waals surface area contributed by atoms with Crippen LogP contribution in [0.25, 0.3) is 0 Å². The van der Waals surface area contributed by atoms with Crippen LogP contribution in [0.5, 0.6) is 0 Å². The minimum absolute atomic E-state index is 0.593. The molecule has 0 atom stereocenters. The largest absolute Gasteiger partial charge is 0.478 e. The number of carbonyl (C=O) groups is 1. The first-order valence-corrected chi connectivity index (χ1v) is 5.14. The van der Waals surface area contributed by atoms with Crippen LogP contribution in [-0.2, 0) is 4.79 Å². The van der Waals surface area contributed by atoms with E-state index in [2.05, 4.69) is 13.8 Å². The van der Waals surface area contributed by atoms with E-state index in [1.54, 1.807) is 0 Å². The van der Waals surface area contributed by atoms with Gasteiger partial charge in [-0.2, -0.15) is 0 Å². The number of hydrogen-bond acceptors (Lipinski definition) is 1. The van der Waals surface area contributed by atoms with E-state index >= 15 is 0 Å². The van der Waals surface area contributed by atoms with Crippen molar-refractivity contribution in [3.8, 4) is 0 Å². The lowest BCUT2D eigenvalue weighted by Gasteiger charge is -2.00. The first-order chi connectivity index (χ1) is 6.22. The predicted molar refractivity (Wildman–Crippen MR) is 54.8 cm³/mol. The molecule has 13 heavy (non-hydrogen) atoms. The highest BCUT2D eigenvalue weighted by Crippen LogP contribution is 2.09. The molecule has 2 heteroatoms. The highest BCUT2D eigenvalue weighted by Gasteiger charge is 2.04.